The number of nitrogens with zero attached hydrogens (tertiary/aromatic N) is 2. The monoisotopic (exact) mass is 317 g/mol. The highest BCUT2D eigenvalue weighted by Crippen LogP contribution is 2.26. The molecule has 116 valence electrons. The number of amides is 2. The quantitative estimate of drug-likeness (QED) is 0.910. The third kappa shape index (κ3) is 2.98. The molecule has 2 heterocycles. The number of benzene rings is 1. The topological polar surface area (TPSA) is 66.6 Å². The standard InChI is InChI=1S/C16H19N3O2S/c1-18-6-7-19(10-12(9-18)15(17)20)16(21)14-8-11-4-2-3-5-13(11)22-14/h2-5,8,12H,6-7,9-10H2,1H3,(H2,17,20). The highest BCUT2D eigenvalue weighted by molar-refractivity contribution is 7.20. The second kappa shape index (κ2) is 6.06. The lowest BCUT2D eigenvalue weighted by Crippen LogP contribution is -2.40. The predicted molar refractivity (Wildman–Crippen MR) is 87.9 cm³/mol. The van der Waals surface area contributed by atoms with Gasteiger partial charge < -0.3 is 15.5 Å². The van der Waals surface area contributed by atoms with Gasteiger partial charge in [0.05, 0.1) is 10.8 Å². The summed E-state index contributed by atoms with van der Waals surface area (Å²) in [6.45, 7) is 2.37. The van der Waals surface area contributed by atoms with Crippen LogP contribution in [0.2, 0.25) is 0 Å². The lowest BCUT2D eigenvalue weighted by Gasteiger charge is -2.21. The van der Waals surface area contributed by atoms with Crippen molar-refractivity contribution in [3.05, 3.63) is 35.2 Å². The first-order valence-corrected chi connectivity index (χ1v) is 8.12. The molecule has 1 saturated heterocycles. The molecule has 6 heteroatoms. The van der Waals surface area contributed by atoms with Crippen LogP contribution in [-0.4, -0.2) is 54.8 Å². The third-order valence-electron chi connectivity index (χ3n) is 4.05. The maximum atomic E-state index is 12.8. The van der Waals surface area contributed by atoms with Gasteiger partial charge in [-0.05, 0) is 24.6 Å². The number of likely N-dealkylation sites (N-methyl/N-ethyl adjacent to an activating group) is 1. The number of carbonyl (C=O) groups excluding carboxylic acids is 2. The van der Waals surface area contributed by atoms with Gasteiger partial charge >= 0.3 is 0 Å². The first kappa shape index (κ1) is 15.0. The van der Waals surface area contributed by atoms with Crippen molar-refractivity contribution in [1.29, 1.82) is 0 Å². The van der Waals surface area contributed by atoms with Crippen molar-refractivity contribution in [2.45, 2.75) is 0 Å². The zero-order valence-electron chi connectivity index (χ0n) is 12.5. The highest BCUT2D eigenvalue weighted by Gasteiger charge is 2.28. The van der Waals surface area contributed by atoms with Crippen LogP contribution >= 0.6 is 11.3 Å². The van der Waals surface area contributed by atoms with Gasteiger partial charge in [0.1, 0.15) is 0 Å². The van der Waals surface area contributed by atoms with Crippen LogP contribution in [0.3, 0.4) is 0 Å². The van der Waals surface area contributed by atoms with Gasteiger partial charge in [0.15, 0.2) is 0 Å². The van der Waals surface area contributed by atoms with Gasteiger partial charge in [-0.3, -0.25) is 9.59 Å². The molecule has 1 unspecified atom stereocenters. The van der Waals surface area contributed by atoms with Gasteiger partial charge in [-0.25, -0.2) is 0 Å². The Morgan fingerprint density at radius 2 is 2.00 bits per heavy atom. The second-order valence-electron chi connectivity index (χ2n) is 5.76. The van der Waals surface area contributed by atoms with Crippen LogP contribution in [0.15, 0.2) is 30.3 Å². The minimum atomic E-state index is -0.345. The van der Waals surface area contributed by atoms with Gasteiger partial charge in [-0.15, -0.1) is 11.3 Å². The third-order valence-corrected chi connectivity index (χ3v) is 5.15. The fraction of sp³-hybridized carbons (Fsp3) is 0.375. The summed E-state index contributed by atoms with van der Waals surface area (Å²) in [5.74, 6) is -0.670. The average molecular weight is 317 g/mol. The van der Waals surface area contributed by atoms with E-state index in [0.717, 1.165) is 16.6 Å². The van der Waals surface area contributed by atoms with Gasteiger partial charge in [0.25, 0.3) is 5.91 Å². The molecule has 2 amide bonds. The number of hydrogen-bond donors (Lipinski definition) is 1. The molecule has 0 radical (unpaired) electrons. The lowest BCUT2D eigenvalue weighted by atomic mass is 10.1. The summed E-state index contributed by atoms with van der Waals surface area (Å²) in [5, 5.41) is 1.08. The molecule has 22 heavy (non-hydrogen) atoms. The van der Waals surface area contributed by atoms with Crippen molar-refractivity contribution in [1.82, 2.24) is 9.80 Å². The van der Waals surface area contributed by atoms with E-state index in [2.05, 4.69) is 0 Å². The molecule has 3 rings (SSSR count). The number of carbonyl (C=O) groups is 2. The van der Waals surface area contributed by atoms with Crippen LogP contribution in [0.4, 0.5) is 0 Å². The van der Waals surface area contributed by atoms with Crippen molar-refractivity contribution in [2.24, 2.45) is 11.7 Å². The summed E-state index contributed by atoms with van der Waals surface area (Å²) in [6, 6.07) is 9.88. The summed E-state index contributed by atoms with van der Waals surface area (Å²) in [5.41, 5.74) is 5.46. The van der Waals surface area contributed by atoms with Crippen molar-refractivity contribution in [3.63, 3.8) is 0 Å². The molecule has 1 aromatic heterocycles. The van der Waals surface area contributed by atoms with E-state index in [1.54, 1.807) is 4.90 Å². The van der Waals surface area contributed by atoms with Crippen molar-refractivity contribution < 1.29 is 9.59 Å². The van der Waals surface area contributed by atoms with Crippen molar-refractivity contribution >= 4 is 33.2 Å². The summed E-state index contributed by atoms with van der Waals surface area (Å²) < 4.78 is 1.10. The number of primary amides is 1. The van der Waals surface area contributed by atoms with E-state index >= 15 is 0 Å². The van der Waals surface area contributed by atoms with Gasteiger partial charge in [0.2, 0.25) is 5.91 Å². The average Bonchev–Trinajstić information content (AvgIpc) is 2.83. The Morgan fingerprint density at radius 1 is 1.23 bits per heavy atom. The molecule has 1 fully saturated rings. The Morgan fingerprint density at radius 3 is 2.73 bits per heavy atom. The number of hydrogen-bond acceptors (Lipinski definition) is 4. The van der Waals surface area contributed by atoms with E-state index < -0.39 is 0 Å². The van der Waals surface area contributed by atoms with Gasteiger partial charge in [-0.1, -0.05) is 18.2 Å². The van der Waals surface area contributed by atoms with Crippen LogP contribution in [0.1, 0.15) is 9.67 Å². The number of thiophene rings is 1. The molecule has 2 aromatic rings. The molecule has 1 aromatic carbocycles. The Hall–Kier alpha value is -1.92. The second-order valence-corrected chi connectivity index (χ2v) is 6.84. The molecule has 1 aliphatic rings. The van der Waals surface area contributed by atoms with Crippen molar-refractivity contribution in [3.8, 4) is 0 Å². The Bertz CT molecular complexity index is 679. The number of nitrogens with two attached hydrogens (primary N) is 1. The minimum absolute atomic E-state index is 0.0113. The normalized spacial score (nSPS) is 20.0. The molecule has 5 nitrogen and oxygen atoms in total. The van der Waals surface area contributed by atoms with Crippen molar-refractivity contribution in [2.75, 3.05) is 33.2 Å². The van der Waals surface area contributed by atoms with Crippen LogP contribution in [0, 0.1) is 5.92 Å². The highest BCUT2D eigenvalue weighted by atomic mass is 32.1. The Balaban J connectivity index is 1.84. The molecule has 2 N–H and O–H groups in total. The fourth-order valence-electron chi connectivity index (χ4n) is 2.78. The van der Waals surface area contributed by atoms with E-state index in [1.807, 2.05) is 42.3 Å². The minimum Gasteiger partial charge on any atom is -0.369 e. The predicted octanol–water partition coefficient (Wildman–Crippen LogP) is 1.39. The van der Waals surface area contributed by atoms with E-state index in [-0.39, 0.29) is 17.7 Å². The van der Waals surface area contributed by atoms with Crippen LogP contribution in [0.25, 0.3) is 10.1 Å². The van der Waals surface area contributed by atoms with E-state index in [4.69, 9.17) is 5.73 Å². The Labute approximate surface area is 133 Å². The first-order valence-electron chi connectivity index (χ1n) is 7.30. The zero-order chi connectivity index (χ0) is 15.7. The Kier molecular flexibility index (Phi) is 4.13. The SMILES string of the molecule is CN1CCN(C(=O)c2cc3ccccc3s2)CC(C(N)=O)C1. The summed E-state index contributed by atoms with van der Waals surface area (Å²) >= 11 is 1.50. The molecule has 0 aliphatic carbocycles. The van der Waals surface area contributed by atoms with E-state index in [1.165, 1.54) is 11.3 Å². The maximum absolute atomic E-state index is 12.8. The fourth-order valence-corrected chi connectivity index (χ4v) is 3.81. The van der Waals surface area contributed by atoms with Gasteiger partial charge in [0, 0.05) is 30.9 Å². The largest absolute Gasteiger partial charge is 0.369 e. The molecule has 0 saturated carbocycles. The smallest absolute Gasteiger partial charge is 0.264 e. The molecule has 1 atom stereocenters. The van der Waals surface area contributed by atoms with Crippen LogP contribution in [0.5, 0.6) is 0 Å². The molecular weight excluding hydrogens is 298 g/mol. The molecular formula is C16H19N3O2S. The molecule has 0 spiro atoms. The number of fused-ring (bicyclic) bond motifs is 1. The molecule has 0 bridgehead atoms. The van der Waals surface area contributed by atoms with E-state index in [9.17, 15) is 9.59 Å². The lowest BCUT2D eigenvalue weighted by molar-refractivity contribution is -0.122. The van der Waals surface area contributed by atoms with E-state index in [0.29, 0.717) is 24.5 Å². The summed E-state index contributed by atoms with van der Waals surface area (Å²) in [6.07, 6.45) is 0. The van der Waals surface area contributed by atoms with Crippen LogP contribution in [-0.2, 0) is 4.79 Å². The van der Waals surface area contributed by atoms with Crippen LogP contribution < -0.4 is 5.73 Å². The first-order chi connectivity index (χ1) is 10.5. The molecule has 1 aliphatic heterocycles. The zero-order valence-corrected chi connectivity index (χ0v) is 13.3. The summed E-state index contributed by atoms with van der Waals surface area (Å²) in [4.78, 5) is 28.8. The summed E-state index contributed by atoms with van der Waals surface area (Å²) in [7, 11) is 1.95. The number of rotatable bonds is 2. The van der Waals surface area contributed by atoms with Gasteiger partial charge in [-0.2, -0.15) is 0 Å². The maximum Gasteiger partial charge on any atom is 0.264 e.